The lowest BCUT2D eigenvalue weighted by atomic mass is 10.2. The topological polar surface area (TPSA) is 125 Å². The van der Waals surface area contributed by atoms with E-state index in [0.29, 0.717) is 23.6 Å². The van der Waals surface area contributed by atoms with Gasteiger partial charge in [0.05, 0.1) is 17.1 Å². The first-order valence-electron chi connectivity index (χ1n) is 9.12. The molecule has 0 aliphatic heterocycles. The van der Waals surface area contributed by atoms with Gasteiger partial charge in [0.1, 0.15) is 5.75 Å². The summed E-state index contributed by atoms with van der Waals surface area (Å²) in [6, 6.07) is 11.8. The maximum Gasteiger partial charge on any atom is 0.338 e. The van der Waals surface area contributed by atoms with Gasteiger partial charge in [0.15, 0.2) is 6.61 Å². The Bertz CT molecular complexity index is 924. The van der Waals surface area contributed by atoms with Crippen molar-refractivity contribution in [3.05, 3.63) is 54.1 Å². The van der Waals surface area contributed by atoms with Crippen LogP contribution in [-0.4, -0.2) is 33.5 Å². The minimum absolute atomic E-state index is 0.0697. The van der Waals surface area contributed by atoms with E-state index in [-0.39, 0.29) is 4.90 Å². The Hall–Kier alpha value is -2.91. The van der Waals surface area contributed by atoms with Gasteiger partial charge in [-0.15, -0.1) is 0 Å². The molecule has 0 spiro atoms. The average Bonchev–Trinajstić information content (AvgIpc) is 2.69. The fourth-order valence-corrected chi connectivity index (χ4v) is 2.88. The van der Waals surface area contributed by atoms with Crippen LogP contribution in [0.1, 0.15) is 36.5 Å². The van der Waals surface area contributed by atoms with Crippen molar-refractivity contribution in [2.24, 2.45) is 5.14 Å². The first-order valence-corrected chi connectivity index (χ1v) is 10.7. The average molecular weight is 420 g/mol. The Morgan fingerprint density at radius 2 is 1.66 bits per heavy atom. The fraction of sp³-hybridized carbons (Fsp3) is 0.300. The monoisotopic (exact) mass is 420 g/mol. The second-order valence-electron chi connectivity index (χ2n) is 6.27. The first kappa shape index (κ1) is 22.4. The molecule has 0 aliphatic carbocycles. The number of esters is 1. The zero-order valence-corrected chi connectivity index (χ0v) is 16.9. The molecule has 0 unspecified atom stereocenters. The van der Waals surface area contributed by atoms with E-state index in [2.05, 4.69) is 12.2 Å². The van der Waals surface area contributed by atoms with Crippen LogP contribution in [-0.2, 0) is 19.6 Å². The number of rotatable bonds is 10. The van der Waals surface area contributed by atoms with Gasteiger partial charge >= 0.3 is 5.97 Å². The molecule has 2 rings (SSSR count). The van der Waals surface area contributed by atoms with Gasteiger partial charge in [0.2, 0.25) is 10.0 Å². The Morgan fingerprint density at radius 1 is 1.00 bits per heavy atom. The molecule has 156 valence electrons. The quantitative estimate of drug-likeness (QED) is 0.450. The molecule has 9 heteroatoms. The summed E-state index contributed by atoms with van der Waals surface area (Å²) >= 11 is 0. The highest BCUT2D eigenvalue weighted by Crippen LogP contribution is 2.15. The summed E-state index contributed by atoms with van der Waals surface area (Å²) in [5, 5.41) is 7.51. The third-order valence-corrected chi connectivity index (χ3v) is 4.84. The predicted molar refractivity (Wildman–Crippen MR) is 108 cm³/mol. The fourth-order valence-electron chi connectivity index (χ4n) is 2.37. The molecule has 0 saturated carbocycles. The van der Waals surface area contributed by atoms with Gasteiger partial charge in [-0.2, -0.15) is 0 Å². The van der Waals surface area contributed by atoms with Crippen molar-refractivity contribution in [3.63, 3.8) is 0 Å². The molecule has 0 aromatic heterocycles. The normalized spacial score (nSPS) is 11.0. The van der Waals surface area contributed by atoms with Gasteiger partial charge in [0, 0.05) is 5.69 Å². The predicted octanol–water partition coefficient (Wildman–Crippen LogP) is 2.70. The summed E-state index contributed by atoms with van der Waals surface area (Å²) in [6.45, 7) is 2.26. The van der Waals surface area contributed by atoms with Crippen molar-refractivity contribution in [3.8, 4) is 5.75 Å². The molecular weight excluding hydrogens is 396 g/mol. The first-order chi connectivity index (χ1) is 13.8. The maximum absolute atomic E-state index is 12.0. The molecule has 0 saturated heterocycles. The van der Waals surface area contributed by atoms with E-state index >= 15 is 0 Å². The van der Waals surface area contributed by atoms with Crippen molar-refractivity contribution in [1.29, 1.82) is 0 Å². The van der Waals surface area contributed by atoms with Gasteiger partial charge in [-0.25, -0.2) is 18.4 Å². The lowest BCUT2D eigenvalue weighted by Gasteiger charge is -2.08. The molecule has 8 nitrogen and oxygen atoms in total. The third kappa shape index (κ3) is 7.55. The number of carbonyl (C=O) groups excluding carboxylic acids is 2. The van der Waals surface area contributed by atoms with Gasteiger partial charge < -0.3 is 14.8 Å². The lowest BCUT2D eigenvalue weighted by molar-refractivity contribution is -0.119. The molecule has 0 bridgehead atoms. The number of hydrogen-bond acceptors (Lipinski definition) is 6. The van der Waals surface area contributed by atoms with Crippen LogP contribution in [0, 0.1) is 0 Å². The Labute approximate surface area is 170 Å². The summed E-state index contributed by atoms with van der Waals surface area (Å²) in [4.78, 5) is 23.9. The van der Waals surface area contributed by atoms with Crippen LogP contribution in [0.15, 0.2) is 53.4 Å². The highest BCUT2D eigenvalue weighted by atomic mass is 32.2. The molecule has 2 aromatic carbocycles. The largest absolute Gasteiger partial charge is 0.494 e. The zero-order chi connectivity index (χ0) is 21.3. The molecule has 2 aromatic rings. The number of primary sulfonamides is 1. The molecule has 0 atom stereocenters. The number of carbonyl (C=O) groups is 2. The minimum atomic E-state index is -3.80. The minimum Gasteiger partial charge on any atom is -0.494 e. The van der Waals surface area contributed by atoms with Crippen molar-refractivity contribution in [2.75, 3.05) is 18.5 Å². The van der Waals surface area contributed by atoms with Crippen molar-refractivity contribution < 1.29 is 27.5 Å². The van der Waals surface area contributed by atoms with Crippen LogP contribution in [0.4, 0.5) is 5.69 Å². The molecular formula is C20H24N2O6S. The van der Waals surface area contributed by atoms with E-state index < -0.39 is 28.5 Å². The van der Waals surface area contributed by atoms with E-state index in [9.17, 15) is 18.0 Å². The van der Waals surface area contributed by atoms with E-state index in [4.69, 9.17) is 14.6 Å². The number of nitrogens with one attached hydrogen (secondary N) is 1. The molecule has 3 N–H and O–H groups in total. The number of benzene rings is 2. The Morgan fingerprint density at radius 3 is 2.24 bits per heavy atom. The van der Waals surface area contributed by atoms with Crippen LogP contribution in [0.5, 0.6) is 5.75 Å². The standard InChI is InChI=1S/C20H24N2O6S/c1-2-3-4-13-27-17-9-5-15(6-10-17)20(24)28-14-19(23)22-16-7-11-18(12-8-16)29(21,25)26/h5-12H,2-4,13-14H2,1H3,(H,22,23)(H2,21,25,26). The van der Waals surface area contributed by atoms with E-state index in [1.807, 2.05) is 0 Å². The van der Waals surface area contributed by atoms with E-state index in [1.165, 1.54) is 24.3 Å². The van der Waals surface area contributed by atoms with Crippen molar-refractivity contribution in [2.45, 2.75) is 31.1 Å². The highest BCUT2D eigenvalue weighted by Gasteiger charge is 2.12. The summed E-state index contributed by atoms with van der Waals surface area (Å²) in [7, 11) is -3.80. The number of hydrogen-bond donors (Lipinski definition) is 2. The molecule has 29 heavy (non-hydrogen) atoms. The molecule has 0 radical (unpaired) electrons. The van der Waals surface area contributed by atoms with Gasteiger partial charge in [0.25, 0.3) is 5.91 Å². The number of anilines is 1. The number of amides is 1. The number of sulfonamides is 1. The van der Waals surface area contributed by atoms with Crippen molar-refractivity contribution in [1.82, 2.24) is 0 Å². The smallest absolute Gasteiger partial charge is 0.338 e. The summed E-state index contributed by atoms with van der Waals surface area (Å²) < 4.78 is 33.0. The van der Waals surface area contributed by atoms with Gasteiger partial charge in [-0.05, 0) is 55.0 Å². The zero-order valence-electron chi connectivity index (χ0n) is 16.1. The lowest BCUT2D eigenvalue weighted by Crippen LogP contribution is -2.21. The summed E-state index contributed by atoms with van der Waals surface area (Å²) in [6.07, 6.45) is 3.19. The highest BCUT2D eigenvalue weighted by molar-refractivity contribution is 7.89. The number of nitrogens with two attached hydrogens (primary N) is 1. The van der Waals surface area contributed by atoms with Crippen LogP contribution < -0.4 is 15.2 Å². The van der Waals surface area contributed by atoms with Crippen molar-refractivity contribution >= 4 is 27.6 Å². The second-order valence-corrected chi connectivity index (χ2v) is 7.84. The van der Waals surface area contributed by atoms with Gasteiger partial charge in [-0.1, -0.05) is 19.8 Å². The SMILES string of the molecule is CCCCCOc1ccc(C(=O)OCC(=O)Nc2ccc(S(N)(=O)=O)cc2)cc1. The molecule has 0 aliphatic rings. The summed E-state index contributed by atoms with van der Waals surface area (Å²) in [5.74, 6) is -0.529. The molecule has 0 fully saturated rings. The Balaban J connectivity index is 1.80. The maximum atomic E-state index is 12.0. The van der Waals surface area contributed by atoms with Crippen LogP contribution in [0.3, 0.4) is 0 Å². The number of ether oxygens (including phenoxy) is 2. The van der Waals surface area contributed by atoms with Gasteiger partial charge in [-0.3, -0.25) is 4.79 Å². The van der Waals surface area contributed by atoms with E-state index in [1.54, 1.807) is 24.3 Å². The second kappa shape index (κ2) is 10.6. The Kier molecular flexibility index (Phi) is 8.17. The summed E-state index contributed by atoms with van der Waals surface area (Å²) in [5.41, 5.74) is 0.652. The third-order valence-electron chi connectivity index (χ3n) is 3.91. The van der Waals surface area contributed by atoms with Crippen LogP contribution in [0.25, 0.3) is 0 Å². The van der Waals surface area contributed by atoms with E-state index in [0.717, 1.165) is 19.3 Å². The number of unbranched alkanes of at least 4 members (excludes halogenated alkanes) is 2. The van der Waals surface area contributed by atoms with Crippen LogP contribution in [0.2, 0.25) is 0 Å². The van der Waals surface area contributed by atoms with Crippen LogP contribution >= 0.6 is 0 Å². The molecule has 1 amide bonds. The molecule has 0 heterocycles.